The van der Waals surface area contributed by atoms with E-state index >= 15 is 0 Å². The third-order valence-corrected chi connectivity index (χ3v) is 2.02. The van der Waals surface area contributed by atoms with Crippen LogP contribution in [-0.2, 0) is 9.08 Å². The molecule has 0 bridgehead atoms. The van der Waals surface area contributed by atoms with E-state index in [1.807, 2.05) is 6.92 Å². The highest BCUT2D eigenvalue weighted by molar-refractivity contribution is 9.09. The van der Waals surface area contributed by atoms with Crippen LogP contribution in [0.2, 0.25) is 0 Å². The van der Waals surface area contributed by atoms with Gasteiger partial charge in [-0.1, -0.05) is 22.9 Å². The average molecular weight is 215 g/mol. The van der Waals surface area contributed by atoms with Crippen molar-refractivity contribution in [2.24, 2.45) is 5.92 Å². The molecule has 0 aromatic heterocycles. The van der Waals surface area contributed by atoms with Crippen LogP contribution in [0, 0.1) is 5.92 Å². The molecular weight excluding hydrogens is 207 g/mol. The molecule has 0 aromatic carbocycles. The maximum absolute atomic E-state index is 10.6. The molecule has 9 heavy (non-hydrogen) atoms. The Morgan fingerprint density at radius 2 is 2.44 bits per heavy atom. The van der Waals surface area contributed by atoms with Crippen molar-refractivity contribution >= 4 is 33.8 Å². The number of carbonyl (C=O) groups excluding carboxylic acids is 1. The predicted molar refractivity (Wildman–Crippen MR) is 39.5 cm³/mol. The van der Waals surface area contributed by atoms with E-state index in [4.69, 9.17) is 11.9 Å². The van der Waals surface area contributed by atoms with Crippen LogP contribution < -0.4 is 0 Å². The Balaban J connectivity index is 3.64. The van der Waals surface area contributed by atoms with E-state index in [0.717, 1.165) is 6.42 Å². The number of alkyl halides is 1. The third-order valence-electron chi connectivity index (χ3n) is 1.09. The van der Waals surface area contributed by atoms with E-state index < -0.39 is 0 Å². The van der Waals surface area contributed by atoms with Gasteiger partial charge in [0.1, 0.15) is 11.9 Å². The summed E-state index contributed by atoms with van der Waals surface area (Å²) in [6.07, 6.45) is 0.747. The van der Waals surface area contributed by atoms with Gasteiger partial charge in [0, 0.05) is 5.33 Å². The minimum absolute atomic E-state index is 0.109. The zero-order valence-corrected chi connectivity index (χ0v) is 7.41. The summed E-state index contributed by atoms with van der Waals surface area (Å²) < 4.78 is 4.00. The SMILES string of the molecule is CCC(CBr)C(=O)OCl. The minimum Gasteiger partial charge on any atom is -0.347 e. The quantitative estimate of drug-likeness (QED) is 0.674. The van der Waals surface area contributed by atoms with Crippen LogP contribution in [0.4, 0.5) is 0 Å². The largest absolute Gasteiger partial charge is 0.347 e. The average Bonchev–Trinajstić information content (AvgIpc) is 1.90. The fourth-order valence-corrected chi connectivity index (χ4v) is 1.25. The first-order valence-corrected chi connectivity index (χ1v) is 4.07. The van der Waals surface area contributed by atoms with Gasteiger partial charge in [0.25, 0.3) is 0 Å². The van der Waals surface area contributed by atoms with Crippen molar-refractivity contribution < 1.29 is 9.08 Å². The van der Waals surface area contributed by atoms with Crippen LogP contribution in [0.15, 0.2) is 0 Å². The summed E-state index contributed by atoms with van der Waals surface area (Å²) in [4.78, 5) is 10.6. The van der Waals surface area contributed by atoms with Gasteiger partial charge in [-0.15, -0.1) is 0 Å². The lowest BCUT2D eigenvalue weighted by Gasteiger charge is -2.04. The van der Waals surface area contributed by atoms with Crippen molar-refractivity contribution in [2.45, 2.75) is 13.3 Å². The maximum atomic E-state index is 10.6. The molecule has 0 aromatic rings. The normalized spacial score (nSPS) is 12.8. The number of hydrogen-bond donors (Lipinski definition) is 0. The zero-order valence-electron chi connectivity index (χ0n) is 5.06. The molecule has 4 heteroatoms. The molecule has 54 valence electrons. The summed E-state index contributed by atoms with van der Waals surface area (Å²) in [6.45, 7) is 1.90. The fourth-order valence-electron chi connectivity index (χ4n) is 0.402. The molecule has 0 rings (SSSR count). The van der Waals surface area contributed by atoms with Crippen molar-refractivity contribution in [1.82, 2.24) is 0 Å². The standard InChI is InChI=1S/C5H8BrClO2/c1-2-4(3-6)5(8)9-7/h4H,2-3H2,1H3. The Morgan fingerprint density at radius 1 is 1.89 bits per heavy atom. The van der Waals surface area contributed by atoms with Gasteiger partial charge in [-0.05, 0) is 6.42 Å². The van der Waals surface area contributed by atoms with Crippen LogP contribution in [0.25, 0.3) is 0 Å². The second-order valence-corrected chi connectivity index (χ2v) is 2.46. The van der Waals surface area contributed by atoms with Crippen molar-refractivity contribution in [3.8, 4) is 0 Å². The monoisotopic (exact) mass is 214 g/mol. The van der Waals surface area contributed by atoms with Crippen LogP contribution in [0.3, 0.4) is 0 Å². The highest BCUT2D eigenvalue weighted by Crippen LogP contribution is 2.08. The Morgan fingerprint density at radius 3 is 2.56 bits per heavy atom. The highest BCUT2D eigenvalue weighted by Gasteiger charge is 2.15. The van der Waals surface area contributed by atoms with Crippen LogP contribution in [0.1, 0.15) is 13.3 Å². The van der Waals surface area contributed by atoms with Gasteiger partial charge >= 0.3 is 5.97 Å². The molecule has 1 atom stereocenters. The first-order valence-electron chi connectivity index (χ1n) is 2.64. The Kier molecular flexibility index (Phi) is 5.19. The third kappa shape index (κ3) is 3.06. The number of hydrogen-bond acceptors (Lipinski definition) is 2. The fraction of sp³-hybridized carbons (Fsp3) is 0.800. The molecule has 0 spiro atoms. The number of carbonyl (C=O) groups is 1. The second kappa shape index (κ2) is 5.06. The van der Waals surface area contributed by atoms with Gasteiger partial charge in [-0.25, -0.2) is 0 Å². The molecule has 0 fully saturated rings. The van der Waals surface area contributed by atoms with Gasteiger partial charge in [0.05, 0.1) is 5.92 Å². The van der Waals surface area contributed by atoms with Crippen molar-refractivity contribution in [3.05, 3.63) is 0 Å². The van der Waals surface area contributed by atoms with Crippen molar-refractivity contribution in [3.63, 3.8) is 0 Å². The second-order valence-electron chi connectivity index (χ2n) is 1.66. The summed E-state index contributed by atoms with van der Waals surface area (Å²) >= 11 is 7.99. The van der Waals surface area contributed by atoms with Crippen molar-refractivity contribution in [2.75, 3.05) is 5.33 Å². The molecule has 1 unspecified atom stereocenters. The summed E-state index contributed by atoms with van der Waals surface area (Å²) in [5, 5.41) is 0.606. The van der Waals surface area contributed by atoms with Gasteiger partial charge < -0.3 is 4.29 Å². The zero-order chi connectivity index (χ0) is 7.28. The van der Waals surface area contributed by atoms with Gasteiger partial charge in [-0.2, -0.15) is 0 Å². The van der Waals surface area contributed by atoms with E-state index in [9.17, 15) is 4.79 Å². The maximum Gasteiger partial charge on any atom is 0.328 e. The first kappa shape index (κ1) is 9.24. The highest BCUT2D eigenvalue weighted by atomic mass is 79.9. The van der Waals surface area contributed by atoms with Gasteiger partial charge in [0.2, 0.25) is 0 Å². The Bertz CT molecular complexity index is 93.0. The lowest BCUT2D eigenvalue weighted by molar-refractivity contribution is -0.137. The first-order chi connectivity index (χ1) is 4.26. The molecule has 0 radical (unpaired) electrons. The molecule has 0 saturated carbocycles. The van der Waals surface area contributed by atoms with Crippen molar-refractivity contribution in [1.29, 1.82) is 0 Å². The molecular formula is C5H8BrClO2. The van der Waals surface area contributed by atoms with E-state index in [2.05, 4.69) is 20.2 Å². The van der Waals surface area contributed by atoms with Gasteiger partial charge in [0.15, 0.2) is 0 Å². The summed E-state index contributed by atoms with van der Waals surface area (Å²) in [5.41, 5.74) is 0. The Labute approximate surface area is 67.8 Å². The number of rotatable bonds is 3. The lowest BCUT2D eigenvalue weighted by atomic mass is 10.1. The van der Waals surface area contributed by atoms with E-state index in [1.54, 1.807) is 0 Å². The predicted octanol–water partition coefficient (Wildman–Crippen LogP) is 2.10. The van der Waals surface area contributed by atoms with Gasteiger partial charge in [-0.3, -0.25) is 4.79 Å². The van der Waals surface area contributed by atoms with Crippen LogP contribution >= 0.6 is 27.8 Å². The molecule has 0 aliphatic carbocycles. The smallest absolute Gasteiger partial charge is 0.328 e. The van der Waals surface area contributed by atoms with E-state index in [-0.39, 0.29) is 11.9 Å². The summed E-state index contributed by atoms with van der Waals surface area (Å²) in [5.74, 6) is -0.474. The molecule has 0 saturated heterocycles. The number of halogens is 2. The van der Waals surface area contributed by atoms with Crippen LogP contribution in [-0.4, -0.2) is 11.3 Å². The molecule has 0 heterocycles. The molecule has 0 amide bonds. The minimum atomic E-state index is -0.365. The summed E-state index contributed by atoms with van der Waals surface area (Å²) in [7, 11) is 0. The van der Waals surface area contributed by atoms with E-state index in [0.29, 0.717) is 5.33 Å². The molecule has 0 N–H and O–H groups in total. The topological polar surface area (TPSA) is 26.3 Å². The van der Waals surface area contributed by atoms with Crippen LogP contribution in [0.5, 0.6) is 0 Å². The Hall–Kier alpha value is 0.240. The lowest BCUT2D eigenvalue weighted by Crippen LogP contribution is -2.14. The molecule has 0 aliphatic heterocycles. The van der Waals surface area contributed by atoms with E-state index in [1.165, 1.54) is 0 Å². The summed E-state index contributed by atoms with van der Waals surface area (Å²) in [6, 6.07) is 0. The molecule has 0 aliphatic rings. The molecule has 2 nitrogen and oxygen atoms in total.